The third-order valence-corrected chi connectivity index (χ3v) is 0.891. The van der Waals surface area contributed by atoms with E-state index in [0.717, 1.165) is 0 Å². The van der Waals surface area contributed by atoms with Crippen LogP contribution in [0.25, 0.3) is 0 Å². The van der Waals surface area contributed by atoms with Crippen LogP contribution in [-0.2, 0) is 0 Å². The van der Waals surface area contributed by atoms with Crippen LogP contribution in [0.1, 0.15) is 0 Å². The lowest BCUT2D eigenvalue weighted by Gasteiger charge is -1.96. The van der Waals surface area contributed by atoms with Gasteiger partial charge in [-0.1, -0.05) is 0 Å². The minimum atomic E-state index is -1.20. The van der Waals surface area contributed by atoms with Gasteiger partial charge in [0.1, 0.15) is 0 Å². The van der Waals surface area contributed by atoms with Crippen molar-refractivity contribution >= 4 is 17.7 Å². The van der Waals surface area contributed by atoms with Gasteiger partial charge in [0, 0.05) is 0 Å². The number of hydrogen-bond acceptors (Lipinski definition) is 4. The number of carbonyl (C=O) groups is 1. The first-order chi connectivity index (χ1) is 5.18. The molecule has 0 bridgehead atoms. The Morgan fingerprint density at radius 2 is 2.09 bits per heavy atom. The molecule has 1 aromatic heterocycles. The van der Waals surface area contributed by atoms with Gasteiger partial charge < -0.3 is 10.8 Å². The van der Waals surface area contributed by atoms with Gasteiger partial charge in [-0.15, -0.1) is 0 Å². The first kappa shape index (κ1) is 7.26. The molecule has 0 aliphatic rings. The van der Waals surface area contributed by atoms with Crippen LogP contribution in [-0.4, -0.2) is 21.2 Å². The molecule has 1 heterocycles. The second-order valence-electron chi connectivity index (χ2n) is 1.77. The summed E-state index contributed by atoms with van der Waals surface area (Å²) in [4.78, 5) is 17.2. The molecule has 0 fully saturated rings. The zero-order valence-electron chi connectivity index (χ0n) is 5.48. The Kier molecular flexibility index (Phi) is 1.86. The van der Waals surface area contributed by atoms with Crippen molar-refractivity contribution in [3.05, 3.63) is 12.4 Å². The van der Waals surface area contributed by atoms with E-state index in [0.29, 0.717) is 5.69 Å². The molecule has 0 aliphatic heterocycles. The lowest BCUT2D eigenvalue weighted by Crippen LogP contribution is -2.10. The second kappa shape index (κ2) is 2.82. The normalized spacial score (nSPS) is 9.09. The van der Waals surface area contributed by atoms with Crippen LogP contribution in [0.3, 0.4) is 0 Å². The molecule has 0 atom stereocenters. The quantitative estimate of drug-likeness (QED) is 0.534. The summed E-state index contributed by atoms with van der Waals surface area (Å²) in [7, 11) is 0. The highest BCUT2D eigenvalue weighted by atomic mass is 16.4. The maximum Gasteiger partial charge on any atom is 0.411 e. The van der Waals surface area contributed by atoms with Crippen molar-refractivity contribution in [1.82, 2.24) is 9.97 Å². The fourth-order valence-corrected chi connectivity index (χ4v) is 0.498. The highest BCUT2D eigenvalue weighted by Crippen LogP contribution is 1.99. The predicted molar refractivity (Wildman–Crippen MR) is 38.1 cm³/mol. The van der Waals surface area contributed by atoms with Crippen LogP contribution >= 0.6 is 0 Å². The number of nitrogens with zero attached hydrogens (tertiary/aromatic N) is 2. The lowest BCUT2D eigenvalue weighted by molar-refractivity contribution is 0.209. The highest BCUT2D eigenvalue weighted by Gasteiger charge is 1.98. The molecule has 0 unspecified atom stereocenters. The van der Waals surface area contributed by atoms with Crippen LogP contribution in [0.4, 0.5) is 16.4 Å². The number of aromatic nitrogens is 2. The largest absolute Gasteiger partial charge is 0.465 e. The lowest BCUT2D eigenvalue weighted by atomic mass is 10.6. The summed E-state index contributed by atoms with van der Waals surface area (Å²) in [5, 5.41) is 10.2. The summed E-state index contributed by atoms with van der Waals surface area (Å²) in [6.07, 6.45) is 1.44. The molecule has 1 amide bonds. The Bertz CT molecular complexity index is 258. The van der Waals surface area contributed by atoms with Crippen molar-refractivity contribution in [1.29, 1.82) is 0 Å². The molecule has 0 aromatic carbocycles. The van der Waals surface area contributed by atoms with Gasteiger partial charge >= 0.3 is 6.09 Å². The smallest absolute Gasteiger partial charge is 0.411 e. The molecule has 1 aromatic rings. The third-order valence-electron chi connectivity index (χ3n) is 0.891. The SMILES string of the molecule is Nc1cnc(NC(=O)O)nc1. The molecule has 0 aliphatic carbocycles. The Morgan fingerprint density at radius 3 is 2.55 bits per heavy atom. The third kappa shape index (κ3) is 2.09. The summed E-state index contributed by atoms with van der Waals surface area (Å²) in [5.74, 6) is 0.0201. The number of nitrogen functional groups attached to an aromatic ring is 1. The van der Waals surface area contributed by atoms with Gasteiger partial charge in [-0.05, 0) is 0 Å². The molecule has 58 valence electrons. The minimum absolute atomic E-state index is 0.0201. The minimum Gasteiger partial charge on any atom is -0.465 e. The Labute approximate surface area is 62.1 Å². The van der Waals surface area contributed by atoms with Crippen molar-refractivity contribution in [2.24, 2.45) is 0 Å². The van der Waals surface area contributed by atoms with E-state index in [-0.39, 0.29) is 5.95 Å². The van der Waals surface area contributed by atoms with E-state index in [4.69, 9.17) is 10.8 Å². The Hall–Kier alpha value is -1.85. The average molecular weight is 154 g/mol. The van der Waals surface area contributed by atoms with Crippen molar-refractivity contribution in [2.75, 3.05) is 11.1 Å². The van der Waals surface area contributed by atoms with Gasteiger partial charge in [-0.2, -0.15) is 0 Å². The van der Waals surface area contributed by atoms with Crippen LogP contribution in [0, 0.1) is 0 Å². The van der Waals surface area contributed by atoms with Gasteiger partial charge in [0.25, 0.3) is 0 Å². The standard InChI is InChI=1S/C5H6N4O2/c6-3-1-7-4(8-2-3)9-5(10)11/h1-2H,6H2,(H,10,11)(H,7,8,9). The van der Waals surface area contributed by atoms with E-state index in [2.05, 4.69) is 9.97 Å². The Balaban J connectivity index is 2.74. The topological polar surface area (TPSA) is 101 Å². The van der Waals surface area contributed by atoms with E-state index in [1.54, 1.807) is 0 Å². The molecule has 0 saturated carbocycles. The molecular formula is C5H6N4O2. The van der Waals surface area contributed by atoms with E-state index in [1.165, 1.54) is 12.4 Å². The molecule has 0 radical (unpaired) electrons. The molecule has 6 heteroatoms. The first-order valence-electron chi connectivity index (χ1n) is 2.76. The number of carboxylic acid groups (broad SMARTS) is 1. The number of nitrogens with one attached hydrogen (secondary N) is 1. The van der Waals surface area contributed by atoms with Crippen molar-refractivity contribution in [3.63, 3.8) is 0 Å². The fraction of sp³-hybridized carbons (Fsp3) is 0. The zero-order chi connectivity index (χ0) is 8.27. The first-order valence-corrected chi connectivity index (χ1v) is 2.76. The molecule has 4 N–H and O–H groups in total. The van der Waals surface area contributed by atoms with Crippen LogP contribution in [0.2, 0.25) is 0 Å². The molecule has 0 saturated heterocycles. The summed E-state index contributed by atoms with van der Waals surface area (Å²) in [6.45, 7) is 0. The van der Waals surface area contributed by atoms with Gasteiger partial charge in [-0.3, -0.25) is 5.32 Å². The maximum absolute atomic E-state index is 10.0. The number of rotatable bonds is 1. The van der Waals surface area contributed by atoms with Gasteiger partial charge in [-0.25, -0.2) is 14.8 Å². The highest BCUT2D eigenvalue weighted by molar-refractivity contribution is 5.80. The number of nitrogens with two attached hydrogens (primary N) is 1. The fourth-order valence-electron chi connectivity index (χ4n) is 0.498. The second-order valence-corrected chi connectivity index (χ2v) is 1.77. The summed E-state index contributed by atoms with van der Waals surface area (Å²) in [5.41, 5.74) is 5.65. The monoisotopic (exact) mass is 154 g/mol. The van der Waals surface area contributed by atoms with Crippen molar-refractivity contribution < 1.29 is 9.90 Å². The predicted octanol–water partition coefficient (Wildman–Crippen LogP) is 0.149. The van der Waals surface area contributed by atoms with Crippen LogP contribution in [0.15, 0.2) is 12.4 Å². The van der Waals surface area contributed by atoms with Crippen LogP contribution < -0.4 is 11.1 Å². The Morgan fingerprint density at radius 1 is 1.55 bits per heavy atom. The summed E-state index contributed by atoms with van der Waals surface area (Å²) in [6, 6.07) is 0. The van der Waals surface area contributed by atoms with Crippen molar-refractivity contribution in [2.45, 2.75) is 0 Å². The van der Waals surface area contributed by atoms with Crippen molar-refractivity contribution in [3.8, 4) is 0 Å². The van der Waals surface area contributed by atoms with Gasteiger partial charge in [0.2, 0.25) is 5.95 Å². The zero-order valence-corrected chi connectivity index (χ0v) is 5.48. The summed E-state index contributed by atoms with van der Waals surface area (Å²) < 4.78 is 0. The number of amides is 1. The molecule has 11 heavy (non-hydrogen) atoms. The number of anilines is 2. The van der Waals surface area contributed by atoms with Gasteiger partial charge in [0.05, 0.1) is 18.1 Å². The van der Waals surface area contributed by atoms with Gasteiger partial charge in [0.15, 0.2) is 0 Å². The van der Waals surface area contributed by atoms with Crippen LogP contribution in [0.5, 0.6) is 0 Å². The molecular weight excluding hydrogens is 148 g/mol. The average Bonchev–Trinajstić information content (AvgIpc) is 1.93. The molecule has 0 spiro atoms. The van der Waals surface area contributed by atoms with E-state index >= 15 is 0 Å². The maximum atomic E-state index is 10.0. The van der Waals surface area contributed by atoms with E-state index in [1.807, 2.05) is 5.32 Å². The molecule has 6 nitrogen and oxygen atoms in total. The van der Waals surface area contributed by atoms with E-state index < -0.39 is 6.09 Å². The molecule has 1 rings (SSSR count). The number of hydrogen-bond donors (Lipinski definition) is 3. The van der Waals surface area contributed by atoms with E-state index in [9.17, 15) is 4.79 Å². The summed E-state index contributed by atoms with van der Waals surface area (Å²) >= 11 is 0.